The van der Waals surface area contributed by atoms with Gasteiger partial charge in [0, 0.05) is 17.1 Å². The van der Waals surface area contributed by atoms with Crippen LogP contribution in [0.3, 0.4) is 0 Å². The Bertz CT molecular complexity index is 1640. The summed E-state index contributed by atoms with van der Waals surface area (Å²) < 4.78 is 16.2. The second-order valence-electron chi connectivity index (χ2n) is 8.75. The molecule has 2 heterocycles. The first-order chi connectivity index (χ1) is 18.2. The molecule has 6 aromatic rings. The first-order valence-corrected chi connectivity index (χ1v) is 11.9. The maximum atomic E-state index is 14.3. The third-order valence-corrected chi connectivity index (χ3v) is 6.69. The van der Waals surface area contributed by atoms with Gasteiger partial charge >= 0.3 is 0 Å². The summed E-state index contributed by atoms with van der Waals surface area (Å²) in [5.74, 6) is -0.352. The highest BCUT2D eigenvalue weighted by Crippen LogP contribution is 2.44. The molecule has 0 aliphatic rings. The van der Waals surface area contributed by atoms with Crippen molar-refractivity contribution in [1.29, 1.82) is 5.26 Å². The zero-order chi connectivity index (χ0) is 25.2. The van der Waals surface area contributed by atoms with E-state index >= 15 is 0 Å². The van der Waals surface area contributed by atoms with E-state index in [0.717, 1.165) is 22.1 Å². The zero-order valence-corrected chi connectivity index (χ0v) is 19.8. The van der Waals surface area contributed by atoms with Crippen molar-refractivity contribution in [3.05, 3.63) is 156 Å². The van der Waals surface area contributed by atoms with Crippen LogP contribution in [-0.4, -0.2) is 14.8 Å². The Morgan fingerprint density at radius 2 is 1.27 bits per heavy atom. The number of nitrogens with zero attached hydrogens (tertiary/aromatic N) is 4. The minimum atomic E-state index is -0.942. The van der Waals surface area contributed by atoms with E-state index in [4.69, 9.17) is 5.10 Å². The Hall–Kier alpha value is -5.08. The Morgan fingerprint density at radius 3 is 1.78 bits per heavy atom. The summed E-state index contributed by atoms with van der Waals surface area (Å²) in [5.41, 5.74) is 4.01. The van der Waals surface area contributed by atoms with Crippen molar-refractivity contribution in [2.24, 2.45) is 0 Å². The normalized spacial score (nSPS) is 11.4. The van der Waals surface area contributed by atoms with Gasteiger partial charge in [-0.25, -0.2) is 14.1 Å². The Labute approximate surface area is 213 Å². The standard InChI is InChI=1S/C32H21FN4/c33-27-18-10-11-23(21-27)30-28-19-20-35-29(22-34)31(28)37(36-30)32(24-12-4-1-5-13-24,25-14-6-2-7-15-25)26-16-8-3-9-17-26/h1-21H. The van der Waals surface area contributed by atoms with Crippen LogP contribution in [0.1, 0.15) is 22.4 Å². The molecule has 4 nitrogen and oxygen atoms in total. The molecule has 176 valence electrons. The maximum absolute atomic E-state index is 14.3. The smallest absolute Gasteiger partial charge is 0.166 e. The highest BCUT2D eigenvalue weighted by atomic mass is 19.1. The van der Waals surface area contributed by atoms with Crippen LogP contribution in [0.25, 0.3) is 22.2 Å². The summed E-state index contributed by atoms with van der Waals surface area (Å²) >= 11 is 0. The lowest BCUT2D eigenvalue weighted by molar-refractivity contribution is 0.476. The van der Waals surface area contributed by atoms with Crippen molar-refractivity contribution in [3.8, 4) is 17.3 Å². The van der Waals surface area contributed by atoms with Gasteiger partial charge in [0.05, 0.1) is 0 Å². The van der Waals surface area contributed by atoms with Crippen LogP contribution >= 0.6 is 0 Å². The van der Waals surface area contributed by atoms with Gasteiger partial charge in [0.2, 0.25) is 0 Å². The predicted octanol–water partition coefficient (Wildman–Crippen LogP) is 6.95. The highest BCUT2D eigenvalue weighted by Gasteiger charge is 2.41. The van der Waals surface area contributed by atoms with Crippen molar-refractivity contribution in [2.75, 3.05) is 0 Å². The van der Waals surface area contributed by atoms with Gasteiger partial charge in [-0.3, -0.25) is 0 Å². The molecule has 0 aliphatic heterocycles. The van der Waals surface area contributed by atoms with Crippen molar-refractivity contribution in [1.82, 2.24) is 14.8 Å². The number of hydrogen-bond acceptors (Lipinski definition) is 3. The van der Waals surface area contributed by atoms with E-state index in [1.54, 1.807) is 12.3 Å². The number of nitriles is 1. The molecule has 0 fully saturated rings. The number of aromatic nitrogens is 3. The van der Waals surface area contributed by atoms with E-state index in [1.807, 2.05) is 71.4 Å². The van der Waals surface area contributed by atoms with E-state index < -0.39 is 5.54 Å². The largest absolute Gasteiger partial charge is 0.243 e. The second kappa shape index (κ2) is 9.18. The van der Waals surface area contributed by atoms with E-state index in [2.05, 4.69) is 47.5 Å². The molecular formula is C32H21FN4. The van der Waals surface area contributed by atoms with Crippen LogP contribution in [0, 0.1) is 17.1 Å². The Morgan fingerprint density at radius 1 is 0.703 bits per heavy atom. The molecule has 0 spiro atoms. The topological polar surface area (TPSA) is 54.5 Å². The summed E-state index contributed by atoms with van der Waals surface area (Å²) in [6.07, 6.45) is 1.60. The van der Waals surface area contributed by atoms with Crippen LogP contribution in [0.15, 0.2) is 128 Å². The van der Waals surface area contributed by atoms with Crippen molar-refractivity contribution < 1.29 is 4.39 Å². The van der Waals surface area contributed by atoms with Gasteiger partial charge < -0.3 is 0 Å². The molecule has 0 amide bonds. The van der Waals surface area contributed by atoms with E-state index in [0.29, 0.717) is 16.8 Å². The molecular weight excluding hydrogens is 459 g/mol. The van der Waals surface area contributed by atoms with E-state index in [9.17, 15) is 9.65 Å². The van der Waals surface area contributed by atoms with Gasteiger partial charge in [-0.15, -0.1) is 0 Å². The molecule has 5 heteroatoms. The van der Waals surface area contributed by atoms with Gasteiger partial charge in [0.15, 0.2) is 5.69 Å². The zero-order valence-electron chi connectivity index (χ0n) is 19.8. The van der Waals surface area contributed by atoms with Crippen molar-refractivity contribution in [2.45, 2.75) is 5.54 Å². The number of fused-ring (bicyclic) bond motifs is 1. The van der Waals surface area contributed by atoms with Gasteiger partial charge in [0.25, 0.3) is 0 Å². The molecule has 0 unspecified atom stereocenters. The lowest BCUT2D eigenvalue weighted by Gasteiger charge is -2.37. The lowest BCUT2D eigenvalue weighted by Crippen LogP contribution is -2.38. The summed E-state index contributed by atoms with van der Waals surface area (Å²) in [6.45, 7) is 0. The van der Waals surface area contributed by atoms with Crippen LogP contribution in [0.2, 0.25) is 0 Å². The minimum Gasteiger partial charge on any atom is -0.243 e. The number of hydrogen-bond donors (Lipinski definition) is 0. The highest BCUT2D eigenvalue weighted by molar-refractivity contribution is 5.96. The number of benzene rings is 4. The van der Waals surface area contributed by atoms with Crippen LogP contribution in [0.5, 0.6) is 0 Å². The first kappa shape index (κ1) is 22.4. The fraction of sp³-hybridized carbons (Fsp3) is 0.0312. The maximum Gasteiger partial charge on any atom is 0.166 e. The van der Waals surface area contributed by atoms with Crippen LogP contribution < -0.4 is 0 Å². The third kappa shape index (κ3) is 3.59. The third-order valence-electron chi connectivity index (χ3n) is 6.69. The van der Waals surface area contributed by atoms with Crippen LogP contribution in [-0.2, 0) is 5.54 Å². The summed E-state index contributed by atoms with van der Waals surface area (Å²) in [6, 6.07) is 40.8. The molecule has 0 bridgehead atoms. The molecule has 37 heavy (non-hydrogen) atoms. The number of pyridine rings is 1. The predicted molar refractivity (Wildman–Crippen MR) is 142 cm³/mol. The summed E-state index contributed by atoms with van der Waals surface area (Å²) in [4.78, 5) is 4.41. The van der Waals surface area contributed by atoms with Crippen molar-refractivity contribution in [3.63, 3.8) is 0 Å². The monoisotopic (exact) mass is 480 g/mol. The Kier molecular flexibility index (Phi) is 5.55. The number of halogens is 1. The molecule has 0 radical (unpaired) electrons. The molecule has 2 aromatic heterocycles. The van der Waals surface area contributed by atoms with Gasteiger partial charge in [-0.2, -0.15) is 10.4 Å². The fourth-order valence-electron chi connectivity index (χ4n) is 5.14. The Balaban J connectivity index is 1.84. The average molecular weight is 481 g/mol. The van der Waals surface area contributed by atoms with Gasteiger partial charge in [-0.1, -0.05) is 103 Å². The van der Waals surface area contributed by atoms with Gasteiger partial charge in [-0.05, 0) is 34.9 Å². The lowest BCUT2D eigenvalue weighted by atomic mass is 9.77. The SMILES string of the molecule is N#Cc1nccc2c(-c3cccc(F)c3)nn(C(c3ccccc3)(c3ccccc3)c3ccccc3)c12. The first-order valence-electron chi connectivity index (χ1n) is 11.9. The van der Waals surface area contributed by atoms with Crippen LogP contribution in [0.4, 0.5) is 4.39 Å². The fourth-order valence-corrected chi connectivity index (χ4v) is 5.14. The molecule has 0 N–H and O–H groups in total. The number of rotatable bonds is 5. The van der Waals surface area contributed by atoms with Crippen molar-refractivity contribution >= 4 is 10.9 Å². The minimum absolute atomic E-state index is 0.250. The molecule has 0 saturated carbocycles. The summed E-state index contributed by atoms with van der Waals surface area (Å²) in [7, 11) is 0. The van der Waals surface area contributed by atoms with Gasteiger partial charge in [0.1, 0.15) is 28.6 Å². The molecule has 4 aromatic carbocycles. The second-order valence-corrected chi connectivity index (χ2v) is 8.75. The van der Waals surface area contributed by atoms with E-state index in [1.165, 1.54) is 12.1 Å². The molecule has 6 rings (SSSR count). The quantitative estimate of drug-likeness (QED) is 0.251. The average Bonchev–Trinajstić information content (AvgIpc) is 3.36. The molecule has 0 atom stereocenters. The molecule has 0 saturated heterocycles. The van der Waals surface area contributed by atoms with E-state index in [-0.39, 0.29) is 11.5 Å². The molecule has 0 aliphatic carbocycles. The summed E-state index contributed by atoms with van der Waals surface area (Å²) in [5, 5.41) is 16.0.